The number of carbonyl (C=O) groups is 1. The molecule has 3 rings (SSSR count). The smallest absolute Gasteiger partial charge is 0.279 e. The van der Waals surface area contributed by atoms with E-state index < -0.39 is 16.5 Å². The minimum Gasteiger partial charge on any atom is -0.474 e. The van der Waals surface area contributed by atoms with E-state index in [1.807, 2.05) is 13.8 Å². The van der Waals surface area contributed by atoms with Crippen LogP contribution in [0, 0.1) is 0 Å². The van der Waals surface area contributed by atoms with Crippen molar-refractivity contribution in [3.63, 3.8) is 0 Å². The van der Waals surface area contributed by atoms with Gasteiger partial charge in [-0.1, -0.05) is 17.3 Å². The number of hydrogen-bond acceptors (Lipinski definition) is 9. The van der Waals surface area contributed by atoms with Gasteiger partial charge in [-0.15, -0.1) is 0 Å². The van der Waals surface area contributed by atoms with Crippen LogP contribution < -0.4 is 10.1 Å². The fourth-order valence-electron chi connectivity index (χ4n) is 3.56. The predicted molar refractivity (Wildman–Crippen MR) is 135 cm³/mol. The number of hydrogen-bond donors (Lipinski definition) is 3. The first-order valence-corrected chi connectivity index (χ1v) is 13.4. The summed E-state index contributed by atoms with van der Waals surface area (Å²) in [6, 6.07) is 6.43. The third kappa shape index (κ3) is 8.17. The predicted octanol–water partition coefficient (Wildman–Crippen LogP) is 4.71. The third-order valence-corrected chi connectivity index (χ3v) is 7.20. The third-order valence-electron chi connectivity index (χ3n) is 5.32. The van der Waals surface area contributed by atoms with Gasteiger partial charge in [0.25, 0.3) is 5.91 Å². The number of nitrogens with one attached hydrogen (secondary N) is 1. The van der Waals surface area contributed by atoms with Crippen molar-refractivity contribution in [3.8, 4) is 5.88 Å². The number of rotatable bonds is 12. The van der Waals surface area contributed by atoms with Gasteiger partial charge in [0.05, 0.1) is 23.4 Å². The van der Waals surface area contributed by atoms with Gasteiger partial charge in [0.1, 0.15) is 6.10 Å². The molecule has 192 valence electrons. The topological polar surface area (TPSA) is 135 Å². The first-order valence-electron chi connectivity index (χ1n) is 11.7. The lowest BCUT2D eigenvalue weighted by Crippen LogP contribution is -2.25. The van der Waals surface area contributed by atoms with Crippen molar-refractivity contribution in [3.05, 3.63) is 42.2 Å². The van der Waals surface area contributed by atoms with Crippen molar-refractivity contribution in [1.29, 1.82) is 0 Å². The second kappa shape index (κ2) is 12.8. The molecular weight excluding hydrogens is 472 g/mol. The Hall–Kier alpha value is -2.73. The van der Waals surface area contributed by atoms with Crippen molar-refractivity contribution in [1.82, 2.24) is 9.97 Å². The van der Waals surface area contributed by atoms with Gasteiger partial charge in [-0.2, -0.15) is 10.6 Å². The highest BCUT2D eigenvalue weighted by molar-refractivity contribution is 8.24. The molecule has 0 unspecified atom stereocenters. The lowest BCUT2D eigenvalue weighted by molar-refractivity contribution is -0.110. The van der Waals surface area contributed by atoms with Crippen LogP contribution in [0.1, 0.15) is 51.5 Å². The molecular formula is C24H34N4O6S. The van der Waals surface area contributed by atoms with Crippen LogP contribution in [0.25, 0.3) is 0 Å². The number of ether oxygens (including phenoxy) is 2. The number of aromatic nitrogens is 2. The number of carbonyl (C=O) groups excluding carboxylic acids is 1. The fourth-order valence-corrected chi connectivity index (χ4v) is 4.89. The average Bonchev–Trinajstić information content (AvgIpc) is 3.34. The first-order chi connectivity index (χ1) is 16.8. The summed E-state index contributed by atoms with van der Waals surface area (Å²) in [5.74, 6) is 0.274. The summed E-state index contributed by atoms with van der Waals surface area (Å²) in [5.41, 5.74) is 0.535. The maximum atomic E-state index is 13.1. The van der Waals surface area contributed by atoms with Crippen molar-refractivity contribution in [2.45, 2.75) is 63.1 Å². The molecule has 1 aromatic carbocycles. The molecule has 0 radical (unpaired) electrons. The number of nitrogens with zero attached hydrogens (tertiary/aromatic N) is 3. The van der Waals surface area contributed by atoms with E-state index in [4.69, 9.17) is 14.3 Å². The normalized spacial score (nSPS) is 15.3. The summed E-state index contributed by atoms with van der Waals surface area (Å²) in [6.07, 6.45) is 7.20. The second-order valence-corrected chi connectivity index (χ2v) is 10.8. The molecule has 0 spiro atoms. The van der Waals surface area contributed by atoms with Gasteiger partial charge in [-0.05, 0) is 58.1 Å². The molecule has 0 saturated heterocycles. The molecule has 1 aromatic heterocycles. The van der Waals surface area contributed by atoms with Gasteiger partial charge < -0.3 is 19.6 Å². The Labute approximate surface area is 207 Å². The van der Waals surface area contributed by atoms with Crippen LogP contribution in [-0.2, 0) is 14.4 Å². The molecule has 35 heavy (non-hydrogen) atoms. The Balaban J connectivity index is 1.77. The molecule has 1 aliphatic rings. The van der Waals surface area contributed by atoms with E-state index in [1.54, 1.807) is 31.4 Å². The van der Waals surface area contributed by atoms with Gasteiger partial charge >= 0.3 is 0 Å². The summed E-state index contributed by atoms with van der Waals surface area (Å²) in [5, 5.41) is 6.87. The molecule has 0 aliphatic heterocycles. The van der Waals surface area contributed by atoms with Crippen molar-refractivity contribution < 1.29 is 28.2 Å². The summed E-state index contributed by atoms with van der Waals surface area (Å²) in [4.78, 5) is 27.5. The molecule has 3 N–H and O–H groups in total. The monoisotopic (exact) mass is 506 g/mol. The zero-order chi connectivity index (χ0) is 25.3. The lowest BCUT2D eigenvalue weighted by Gasteiger charge is -2.32. The SMILES string of the molecule is COCCCS(O)(O)c1ccc(/C(=N\OC2CCCC2)C(=O)Nc2cnc(OC(C)C)cn2)cc1. The van der Waals surface area contributed by atoms with Gasteiger partial charge in [0.2, 0.25) is 5.88 Å². The summed E-state index contributed by atoms with van der Waals surface area (Å²) >= 11 is 0. The number of anilines is 1. The van der Waals surface area contributed by atoms with Crippen LogP contribution >= 0.6 is 10.6 Å². The molecule has 10 nitrogen and oxygen atoms in total. The van der Waals surface area contributed by atoms with Gasteiger partial charge in [-0.25, -0.2) is 9.97 Å². The molecule has 1 amide bonds. The Kier molecular flexibility index (Phi) is 9.84. The van der Waals surface area contributed by atoms with Crippen LogP contribution in [0.15, 0.2) is 46.7 Å². The molecule has 1 fully saturated rings. The number of oxime groups is 1. The second-order valence-electron chi connectivity index (χ2n) is 8.55. The number of methoxy groups -OCH3 is 1. The largest absolute Gasteiger partial charge is 0.474 e. The van der Waals surface area contributed by atoms with E-state index in [9.17, 15) is 13.9 Å². The van der Waals surface area contributed by atoms with Crippen LogP contribution in [-0.4, -0.2) is 62.4 Å². The minimum atomic E-state index is -2.96. The van der Waals surface area contributed by atoms with Crippen LogP contribution in [0.5, 0.6) is 5.88 Å². The molecule has 0 atom stereocenters. The van der Waals surface area contributed by atoms with Crippen molar-refractivity contribution >= 4 is 28.0 Å². The molecule has 0 bridgehead atoms. The van der Waals surface area contributed by atoms with E-state index in [-0.39, 0.29) is 29.5 Å². The standard InChI is InChI=1S/C24H34N4O6S/c1-17(2)33-22-16-25-21(15-26-22)27-24(29)23(28-34-19-7-4-5-8-19)18-9-11-20(12-10-18)35(30,31)14-6-13-32-3/h9-12,15-17,19,30-31H,4-8,13-14H2,1-3H3,(H,25,27,29)/b28-23+. The van der Waals surface area contributed by atoms with Gasteiger partial charge in [0.15, 0.2) is 11.5 Å². The highest BCUT2D eigenvalue weighted by Crippen LogP contribution is 2.48. The zero-order valence-electron chi connectivity index (χ0n) is 20.3. The first kappa shape index (κ1) is 26.9. The fraction of sp³-hybridized carbons (Fsp3) is 0.500. The Bertz CT molecular complexity index is 977. The van der Waals surface area contributed by atoms with E-state index in [1.165, 1.54) is 12.4 Å². The summed E-state index contributed by atoms with van der Waals surface area (Å²) in [6.45, 7) is 4.21. The van der Waals surface area contributed by atoms with Crippen molar-refractivity contribution in [2.24, 2.45) is 5.16 Å². The molecule has 2 aromatic rings. The van der Waals surface area contributed by atoms with Crippen LogP contribution in [0.3, 0.4) is 0 Å². The maximum absolute atomic E-state index is 13.1. The molecule has 1 heterocycles. The van der Waals surface area contributed by atoms with Gasteiger partial charge in [-0.3, -0.25) is 13.9 Å². The van der Waals surface area contributed by atoms with E-state index in [0.29, 0.717) is 29.4 Å². The summed E-state index contributed by atoms with van der Waals surface area (Å²) in [7, 11) is -1.39. The van der Waals surface area contributed by atoms with Crippen molar-refractivity contribution in [2.75, 3.05) is 24.8 Å². The van der Waals surface area contributed by atoms with Gasteiger partial charge in [0, 0.05) is 25.0 Å². The number of benzene rings is 1. The van der Waals surface area contributed by atoms with E-state index >= 15 is 0 Å². The summed E-state index contributed by atoms with van der Waals surface area (Å²) < 4.78 is 31.5. The Morgan fingerprint density at radius 2 is 1.89 bits per heavy atom. The quantitative estimate of drug-likeness (QED) is 0.214. The molecule has 11 heteroatoms. The van der Waals surface area contributed by atoms with Crippen LogP contribution in [0.4, 0.5) is 5.82 Å². The number of amides is 1. The Morgan fingerprint density at radius 1 is 1.17 bits per heavy atom. The highest BCUT2D eigenvalue weighted by Gasteiger charge is 2.22. The molecule has 1 aliphatic carbocycles. The molecule has 1 saturated carbocycles. The van der Waals surface area contributed by atoms with Crippen LogP contribution in [0.2, 0.25) is 0 Å². The minimum absolute atomic E-state index is 0.0305. The van der Waals surface area contributed by atoms with E-state index in [0.717, 1.165) is 25.7 Å². The van der Waals surface area contributed by atoms with E-state index in [2.05, 4.69) is 20.4 Å². The maximum Gasteiger partial charge on any atom is 0.279 e. The highest BCUT2D eigenvalue weighted by atomic mass is 32.3. The average molecular weight is 507 g/mol. The zero-order valence-corrected chi connectivity index (χ0v) is 21.2. The lowest BCUT2D eigenvalue weighted by atomic mass is 10.1. The Morgan fingerprint density at radius 3 is 2.49 bits per heavy atom.